The maximum atomic E-state index is 6.68. The molecule has 2 aliphatic rings. The summed E-state index contributed by atoms with van der Waals surface area (Å²) in [5.74, 6) is 2.41. The molecule has 280 valence electrons. The standard InChI is InChI=1S/C57H36N2O/c1-3-15-37(16-4-1)44-34-46(55-45-21-9-10-22-47(45)57(50(55)35-44)48-23-11-13-25-53(48)60-54-26-14-12-24-49(54)57)56-58-51(40-18-5-2-6-19-40)36-52(59-56)41-30-27-39(28-31-41)43-32-29-38-17-7-8-20-42(38)33-43/h1-36H. The number of hydrogen-bond acceptors (Lipinski definition) is 3. The van der Waals surface area contributed by atoms with Gasteiger partial charge in [0.1, 0.15) is 11.5 Å². The van der Waals surface area contributed by atoms with Crippen LogP contribution in [0.3, 0.4) is 0 Å². The van der Waals surface area contributed by atoms with Gasteiger partial charge in [-0.1, -0.05) is 182 Å². The normalized spacial score (nSPS) is 12.9. The molecule has 0 radical (unpaired) electrons. The molecule has 1 spiro atoms. The van der Waals surface area contributed by atoms with Crippen LogP contribution in [0, 0.1) is 0 Å². The molecular weight excluding hydrogens is 729 g/mol. The van der Waals surface area contributed by atoms with Crippen LogP contribution in [-0.4, -0.2) is 9.97 Å². The number of benzene rings is 9. The van der Waals surface area contributed by atoms with E-state index in [9.17, 15) is 0 Å². The summed E-state index contributed by atoms with van der Waals surface area (Å²) in [4.78, 5) is 11.0. The predicted octanol–water partition coefficient (Wildman–Crippen LogP) is 14.4. The Bertz CT molecular complexity index is 3240. The van der Waals surface area contributed by atoms with E-state index in [1.165, 1.54) is 33.0 Å². The van der Waals surface area contributed by atoms with Gasteiger partial charge in [0.05, 0.1) is 16.8 Å². The van der Waals surface area contributed by atoms with Gasteiger partial charge in [0.2, 0.25) is 0 Å². The van der Waals surface area contributed by atoms with Gasteiger partial charge in [0.25, 0.3) is 0 Å². The molecule has 1 aliphatic carbocycles. The van der Waals surface area contributed by atoms with Crippen LogP contribution in [0.15, 0.2) is 218 Å². The zero-order chi connectivity index (χ0) is 39.6. The molecule has 0 unspecified atom stereocenters. The Labute approximate surface area is 348 Å². The van der Waals surface area contributed by atoms with Crippen molar-refractivity contribution >= 4 is 10.8 Å². The van der Waals surface area contributed by atoms with E-state index in [-0.39, 0.29) is 0 Å². The molecule has 0 saturated heterocycles. The molecule has 0 amide bonds. The van der Waals surface area contributed by atoms with Gasteiger partial charge in [0, 0.05) is 27.8 Å². The number of hydrogen-bond donors (Lipinski definition) is 0. The molecule has 0 N–H and O–H groups in total. The highest BCUT2D eigenvalue weighted by Gasteiger charge is 2.52. The van der Waals surface area contributed by atoms with Crippen molar-refractivity contribution in [2.45, 2.75) is 5.41 Å². The topological polar surface area (TPSA) is 35.0 Å². The van der Waals surface area contributed by atoms with Gasteiger partial charge in [-0.05, 0) is 91.7 Å². The number of nitrogens with zero attached hydrogens (tertiary/aromatic N) is 2. The van der Waals surface area contributed by atoms with Crippen molar-refractivity contribution in [2.75, 3.05) is 0 Å². The van der Waals surface area contributed by atoms with Crippen molar-refractivity contribution in [3.8, 4) is 78.8 Å². The Balaban J connectivity index is 1.12. The fourth-order valence-electron chi connectivity index (χ4n) is 9.62. The summed E-state index contributed by atoms with van der Waals surface area (Å²) in [6, 6.07) is 77.8. The summed E-state index contributed by atoms with van der Waals surface area (Å²) in [5.41, 5.74) is 15.7. The molecule has 0 saturated carbocycles. The van der Waals surface area contributed by atoms with Gasteiger partial charge in [-0.25, -0.2) is 9.97 Å². The maximum Gasteiger partial charge on any atom is 0.161 e. The fourth-order valence-corrected chi connectivity index (χ4v) is 9.62. The smallest absolute Gasteiger partial charge is 0.161 e. The third kappa shape index (κ3) is 5.30. The van der Waals surface area contributed by atoms with Gasteiger partial charge in [-0.2, -0.15) is 0 Å². The molecule has 3 heteroatoms. The highest BCUT2D eigenvalue weighted by molar-refractivity contribution is 5.98. The second kappa shape index (κ2) is 13.6. The molecule has 0 fully saturated rings. The lowest BCUT2D eigenvalue weighted by molar-refractivity contribution is 0.436. The lowest BCUT2D eigenvalue weighted by atomic mass is 9.65. The molecule has 1 aliphatic heterocycles. The van der Waals surface area contributed by atoms with Gasteiger partial charge >= 0.3 is 0 Å². The number of rotatable bonds is 5. The molecule has 0 atom stereocenters. The van der Waals surface area contributed by atoms with Crippen molar-refractivity contribution < 1.29 is 4.74 Å². The lowest BCUT2D eigenvalue weighted by Crippen LogP contribution is -2.32. The van der Waals surface area contributed by atoms with Crippen LogP contribution in [0.5, 0.6) is 11.5 Å². The van der Waals surface area contributed by atoms with Crippen LogP contribution >= 0.6 is 0 Å². The maximum absolute atomic E-state index is 6.68. The van der Waals surface area contributed by atoms with E-state index in [4.69, 9.17) is 14.7 Å². The summed E-state index contributed by atoms with van der Waals surface area (Å²) < 4.78 is 6.68. The molecule has 2 heterocycles. The minimum atomic E-state index is -0.643. The third-order valence-electron chi connectivity index (χ3n) is 12.4. The Morgan fingerprint density at radius 1 is 0.317 bits per heavy atom. The summed E-state index contributed by atoms with van der Waals surface area (Å²) in [7, 11) is 0. The van der Waals surface area contributed by atoms with E-state index in [1.807, 2.05) is 6.07 Å². The van der Waals surface area contributed by atoms with Crippen LogP contribution in [0.2, 0.25) is 0 Å². The predicted molar refractivity (Wildman–Crippen MR) is 244 cm³/mol. The van der Waals surface area contributed by atoms with Crippen LogP contribution in [0.1, 0.15) is 22.3 Å². The highest BCUT2D eigenvalue weighted by Crippen LogP contribution is 2.63. The van der Waals surface area contributed by atoms with Crippen molar-refractivity contribution in [3.63, 3.8) is 0 Å². The highest BCUT2D eigenvalue weighted by atomic mass is 16.5. The van der Waals surface area contributed by atoms with Crippen LogP contribution in [0.4, 0.5) is 0 Å². The molecule has 10 aromatic rings. The SMILES string of the molecule is c1ccc(-c2cc(-c3nc(-c4ccccc4)cc(-c4ccc(-c5ccc6ccccc6c5)cc4)n3)c3c(c2)C2(c4ccccc4Oc4ccccc42)c2ccccc2-3)cc1. The average Bonchev–Trinajstić information content (AvgIpc) is 3.62. The van der Waals surface area contributed by atoms with Gasteiger partial charge in [0.15, 0.2) is 5.82 Å². The molecule has 3 nitrogen and oxygen atoms in total. The minimum Gasteiger partial charge on any atom is -0.457 e. The molecule has 9 aromatic carbocycles. The molecule has 1 aromatic heterocycles. The molecule has 60 heavy (non-hydrogen) atoms. The minimum absolute atomic E-state index is 0.643. The first-order valence-corrected chi connectivity index (χ1v) is 20.5. The summed E-state index contributed by atoms with van der Waals surface area (Å²) in [6.07, 6.45) is 0. The first-order valence-electron chi connectivity index (χ1n) is 20.5. The monoisotopic (exact) mass is 764 g/mol. The van der Waals surface area contributed by atoms with Crippen molar-refractivity contribution in [1.82, 2.24) is 9.97 Å². The third-order valence-corrected chi connectivity index (χ3v) is 12.4. The second-order valence-corrected chi connectivity index (χ2v) is 15.7. The van der Waals surface area contributed by atoms with Crippen molar-refractivity contribution in [1.29, 1.82) is 0 Å². The van der Waals surface area contributed by atoms with Gasteiger partial charge in [-0.3, -0.25) is 0 Å². The second-order valence-electron chi connectivity index (χ2n) is 15.7. The zero-order valence-corrected chi connectivity index (χ0v) is 32.6. The van der Waals surface area contributed by atoms with Gasteiger partial charge < -0.3 is 4.74 Å². The zero-order valence-electron chi connectivity index (χ0n) is 32.6. The van der Waals surface area contributed by atoms with E-state index >= 15 is 0 Å². The Hall–Kier alpha value is -7.88. The van der Waals surface area contributed by atoms with E-state index in [2.05, 4.69) is 212 Å². The van der Waals surface area contributed by atoms with Crippen molar-refractivity contribution in [2.24, 2.45) is 0 Å². The van der Waals surface area contributed by atoms with Crippen LogP contribution in [0.25, 0.3) is 78.1 Å². The largest absolute Gasteiger partial charge is 0.457 e. The Kier molecular flexibility index (Phi) is 7.76. The first-order chi connectivity index (χ1) is 29.7. The summed E-state index contributed by atoms with van der Waals surface area (Å²) >= 11 is 0. The van der Waals surface area contributed by atoms with E-state index in [1.54, 1.807) is 0 Å². The average molecular weight is 765 g/mol. The lowest BCUT2D eigenvalue weighted by Gasteiger charge is -2.39. The van der Waals surface area contributed by atoms with E-state index < -0.39 is 5.41 Å². The number of fused-ring (bicyclic) bond motifs is 10. The first kappa shape index (κ1) is 34.2. The van der Waals surface area contributed by atoms with Crippen molar-refractivity contribution in [3.05, 3.63) is 241 Å². The fraction of sp³-hybridized carbons (Fsp3) is 0.0175. The number of para-hydroxylation sites is 2. The summed E-state index contributed by atoms with van der Waals surface area (Å²) in [6.45, 7) is 0. The quantitative estimate of drug-likeness (QED) is 0.175. The molecule has 0 bridgehead atoms. The Morgan fingerprint density at radius 2 is 0.833 bits per heavy atom. The number of ether oxygens (including phenoxy) is 1. The molecular formula is C57H36N2O. The van der Waals surface area contributed by atoms with E-state index in [0.29, 0.717) is 5.82 Å². The van der Waals surface area contributed by atoms with Gasteiger partial charge in [-0.15, -0.1) is 0 Å². The van der Waals surface area contributed by atoms with Crippen LogP contribution < -0.4 is 4.74 Å². The molecule has 12 rings (SSSR count). The number of aromatic nitrogens is 2. The van der Waals surface area contributed by atoms with Crippen LogP contribution in [-0.2, 0) is 5.41 Å². The van der Waals surface area contributed by atoms with E-state index in [0.717, 1.165) is 73.0 Å². The Morgan fingerprint density at radius 3 is 1.53 bits per heavy atom. The summed E-state index contributed by atoms with van der Waals surface area (Å²) in [5, 5.41) is 2.47.